The minimum atomic E-state index is -1.15. The number of carbonyl (C=O) groups is 1. The average Bonchev–Trinajstić information content (AvgIpc) is 3.22. The molecule has 0 saturated carbocycles. The van der Waals surface area contributed by atoms with Gasteiger partial charge in [0.2, 0.25) is 0 Å². The Kier molecular flexibility index (Phi) is 4.36. The van der Waals surface area contributed by atoms with E-state index in [4.69, 9.17) is 0 Å². The first-order valence-corrected chi connectivity index (χ1v) is 8.32. The molecule has 2 aromatic rings. The summed E-state index contributed by atoms with van der Waals surface area (Å²) in [5, 5.41) is 19.0. The van der Waals surface area contributed by atoms with Crippen LogP contribution in [0, 0.1) is 0 Å². The van der Waals surface area contributed by atoms with Crippen molar-refractivity contribution in [2.75, 3.05) is 13.1 Å². The van der Waals surface area contributed by atoms with Crippen LogP contribution in [0.1, 0.15) is 55.0 Å². The highest BCUT2D eigenvalue weighted by Gasteiger charge is 2.42. The Morgan fingerprint density at radius 3 is 2.92 bits per heavy atom. The summed E-state index contributed by atoms with van der Waals surface area (Å²) < 4.78 is 1.71. The van der Waals surface area contributed by atoms with Gasteiger partial charge in [-0.2, -0.15) is 0 Å². The van der Waals surface area contributed by atoms with Gasteiger partial charge in [-0.05, 0) is 38.0 Å². The molecule has 128 valence electrons. The summed E-state index contributed by atoms with van der Waals surface area (Å²) in [6.45, 7) is 6.72. The Hall–Kier alpha value is -2.28. The third-order valence-corrected chi connectivity index (χ3v) is 4.50. The number of rotatable bonds is 4. The molecule has 24 heavy (non-hydrogen) atoms. The molecular weight excluding hydrogens is 306 g/mol. The molecule has 1 atom stereocenters. The average molecular weight is 329 g/mol. The standard InChI is InChI=1S/C17H23N5O2/c1-4-13-5-7-18-14(9-13)16(23)21-8-6-17(24,11-21)15-10-22(12(2)3)20-19-15/h5,7,9-10,12,24H,4,6,8,11H2,1-3H3/t17-/m0/s1. The van der Waals surface area contributed by atoms with E-state index in [1.807, 2.05) is 32.9 Å². The lowest BCUT2D eigenvalue weighted by molar-refractivity contribution is 0.0380. The van der Waals surface area contributed by atoms with Gasteiger partial charge in [-0.15, -0.1) is 5.10 Å². The molecule has 1 N–H and O–H groups in total. The quantitative estimate of drug-likeness (QED) is 0.920. The van der Waals surface area contributed by atoms with Crippen molar-refractivity contribution in [3.05, 3.63) is 41.5 Å². The SMILES string of the molecule is CCc1ccnc(C(=O)N2CC[C@@](O)(c3cn(C(C)C)nn3)C2)c1. The van der Waals surface area contributed by atoms with Crippen molar-refractivity contribution in [2.24, 2.45) is 0 Å². The second kappa shape index (κ2) is 6.32. The fourth-order valence-electron chi connectivity index (χ4n) is 2.89. The van der Waals surface area contributed by atoms with Crippen LogP contribution < -0.4 is 0 Å². The van der Waals surface area contributed by atoms with E-state index >= 15 is 0 Å². The molecular formula is C17H23N5O2. The van der Waals surface area contributed by atoms with E-state index in [2.05, 4.69) is 15.3 Å². The van der Waals surface area contributed by atoms with Crippen molar-refractivity contribution in [1.82, 2.24) is 24.9 Å². The number of likely N-dealkylation sites (tertiary alicyclic amines) is 1. The van der Waals surface area contributed by atoms with Crippen LogP contribution in [0.3, 0.4) is 0 Å². The van der Waals surface area contributed by atoms with Gasteiger partial charge in [-0.1, -0.05) is 12.1 Å². The van der Waals surface area contributed by atoms with Gasteiger partial charge in [0.1, 0.15) is 17.0 Å². The molecule has 7 heteroatoms. The highest BCUT2D eigenvalue weighted by molar-refractivity contribution is 5.92. The molecule has 1 aliphatic heterocycles. The van der Waals surface area contributed by atoms with E-state index in [0.717, 1.165) is 12.0 Å². The van der Waals surface area contributed by atoms with Crippen molar-refractivity contribution in [2.45, 2.75) is 45.3 Å². The number of hydrogen-bond acceptors (Lipinski definition) is 5. The molecule has 7 nitrogen and oxygen atoms in total. The Labute approximate surface area is 141 Å². The summed E-state index contributed by atoms with van der Waals surface area (Å²) in [5.74, 6) is -0.155. The van der Waals surface area contributed by atoms with Crippen LogP contribution in [-0.2, 0) is 12.0 Å². The molecule has 0 spiro atoms. The molecule has 1 fully saturated rings. The lowest BCUT2D eigenvalue weighted by Crippen LogP contribution is -2.35. The van der Waals surface area contributed by atoms with Crippen molar-refractivity contribution < 1.29 is 9.90 Å². The topological polar surface area (TPSA) is 84.1 Å². The molecule has 1 amide bonds. The normalized spacial score (nSPS) is 20.8. The third-order valence-electron chi connectivity index (χ3n) is 4.50. The van der Waals surface area contributed by atoms with Gasteiger partial charge in [0, 0.05) is 25.2 Å². The van der Waals surface area contributed by atoms with E-state index in [0.29, 0.717) is 24.4 Å². The summed E-state index contributed by atoms with van der Waals surface area (Å²) in [6, 6.07) is 3.89. The smallest absolute Gasteiger partial charge is 0.272 e. The van der Waals surface area contributed by atoms with Crippen LogP contribution in [0.15, 0.2) is 24.5 Å². The van der Waals surface area contributed by atoms with Gasteiger partial charge < -0.3 is 10.0 Å². The van der Waals surface area contributed by atoms with E-state index < -0.39 is 5.60 Å². The molecule has 0 unspecified atom stereocenters. The number of aromatic nitrogens is 4. The summed E-state index contributed by atoms with van der Waals surface area (Å²) in [5.41, 5.74) is 0.861. The Morgan fingerprint density at radius 1 is 1.46 bits per heavy atom. The fraction of sp³-hybridized carbons (Fsp3) is 0.529. The van der Waals surface area contributed by atoms with Gasteiger partial charge in [0.25, 0.3) is 5.91 Å². The minimum Gasteiger partial charge on any atom is -0.381 e. The van der Waals surface area contributed by atoms with Crippen molar-refractivity contribution in [3.8, 4) is 0 Å². The van der Waals surface area contributed by atoms with Crippen LogP contribution in [0.4, 0.5) is 0 Å². The fourth-order valence-corrected chi connectivity index (χ4v) is 2.89. The summed E-state index contributed by atoms with van der Waals surface area (Å²) in [6.07, 6.45) is 4.71. The number of β-amino-alcohol motifs (C(OH)–C–C–N with tert-alkyl or cyclic N) is 1. The predicted molar refractivity (Wildman–Crippen MR) is 88.4 cm³/mol. The van der Waals surface area contributed by atoms with Crippen LogP contribution in [0.5, 0.6) is 0 Å². The highest BCUT2D eigenvalue weighted by atomic mass is 16.3. The maximum atomic E-state index is 12.7. The Morgan fingerprint density at radius 2 is 2.25 bits per heavy atom. The van der Waals surface area contributed by atoms with Crippen LogP contribution in [-0.4, -0.2) is 49.0 Å². The molecule has 1 saturated heterocycles. The number of nitrogens with zero attached hydrogens (tertiary/aromatic N) is 5. The minimum absolute atomic E-state index is 0.155. The molecule has 0 bridgehead atoms. The van der Waals surface area contributed by atoms with Crippen LogP contribution in [0.25, 0.3) is 0 Å². The van der Waals surface area contributed by atoms with E-state index in [1.165, 1.54) is 0 Å². The Bertz CT molecular complexity index is 742. The van der Waals surface area contributed by atoms with E-state index in [1.54, 1.807) is 22.0 Å². The monoisotopic (exact) mass is 329 g/mol. The molecule has 2 aromatic heterocycles. The van der Waals surface area contributed by atoms with Gasteiger partial charge >= 0.3 is 0 Å². The largest absolute Gasteiger partial charge is 0.381 e. The summed E-state index contributed by atoms with van der Waals surface area (Å²) >= 11 is 0. The van der Waals surface area contributed by atoms with Crippen LogP contribution >= 0.6 is 0 Å². The van der Waals surface area contributed by atoms with Gasteiger partial charge in [0.15, 0.2) is 0 Å². The number of aryl methyl sites for hydroxylation is 1. The molecule has 0 aromatic carbocycles. The van der Waals surface area contributed by atoms with E-state index in [-0.39, 0.29) is 18.5 Å². The number of amides is 1. The first-order valence-electron chi connectivity index (χ1n) is 8.32. The molecule has 0 radical (unpaired) electrons. The number of carbonyl (C=O) groups excluding carboxylic acids is 1. The first-order chi connectivity index (χ1) is 11.4. The Balaban J connectivity index is 1.77. The second-order valence-electron chi connectivity index (χ2n) is 6.59. The van der Waals surface area contributed by atoms with Gasteiger partial charge in [-0.3, -0.25) is 9.78 Å². The first kappa shape index (κ1) is 16.6. The summed E-state index contributed by atoms with van der Waals surface area (Å²) in [7, 11) is 0. The highest BCUT2D eigenvalue weighted by Crippen LogP contribution is 2.31. The van der Waals surface area contributed by atoms with Crippen molar-refractivity contribution in [3.63, 3.8) is 0 Å². The van der Waals surface area contributed by atoms with Crippen LogP contribution in [0.2, 0.25) is 0 Å². The maximum absolute atomic E-state index is 12.7. The number of hydrogen-bond donors (Lipinski definition) is 1. The van der Waals surface area contributed by atoms with Gasteiger partial charge in [-0.25, -0.2) is 4.68 Å². The summed E-state index contributed by atoms with van der Waals surface area (Å²) in [4.78, 5) is 18.5. The molecule has 3 rings (SSSR count). The molecule has 1 aliphatic rings. The molecule has 3 heterocycles. The zero-order chi connectivity index (χ0) is 17.3. The number of aliphatic hydroxyl groups is 1. The zero-order valence-corrected chi connectivity index (χ0v) is 14.3. The predicted octanol–water partition coefficient (Wildman–Crippen LogP) is 1.55. The van der Waals surface area contributed by atoms with Crippen molar-refractivity contribution >= 4 is 5.91 Å². The van der Waals surface area contributed by atoms with Gasteiger partial charge in [0.05, 0.1) is 12.7 Å². The zero-order valence-electron chi connectivity index (χ0n) is 14.3. The maximum Gasteiger partial charge on any atom is 0.272 e. The van der Waals surface area contributed by atoms with E-state index in [9.17, 15) is 9.90 Å². The third kappa shape index (κ3) is 3.03. The number of pyridine rings is 1. The second-order valence-corrected chi connectivity index (χ2v) is 6.59. The lowest BCUT2D eigenvalue weighted by Gasteiger charge is -2.21. The van der Waals surface area contributed by atoms with Crippen molar-refractivity contribution in [1.29, 1.82) is 0 Å². The lowest BCUT2D eigenvalue weighted by atomic mass is 10.00. The molecule has 0 aliphatic carbocycles.